The van der Waals surface area contributed by atoms with E-state index in [1.807, 2.05) is 18.4 Å². The Labute approximate surface area is 93.5 Å². The average Bonchev–Trinajstić information content (AvgIpc) is 2.76. The van der Waals surface area contributed by atoms with Crippen molar-refractivity contribution in [3.8, 4) is 0 Å². The summed E-state index contributed by atoms with van der Waals surface area (Å²) in [4.78, 5) is 23.5. The van der Waals surface area contributed by atoms with Gasteiger partial charge in [0.25, 0.3) is 0 Å². The number of ketones is 1. The lowest BCUT2D eigenvalue weighted by atomic mass is 10.2. The summed E-state index contributed by atoms with van der Waals surface area (Å²) >= 11 is 1.42. The maximum absolute atomic E-state index is 11.5. The molecule has 0 atom stereocenters. The molecule has 0 radical (unpaired) electrons. The summed E-state index contributed by atoms with van der Waals surface area (Å²) in [6.45, 7) is 2.68. The molecule has 0 saturated heterocycles. The van der Waals surface area contributed by atoms with E-state index < -0.39 is 0 Å². The van der Waals surface area contributed by atoms with Crippen LogP contribution >= 0.6 is 11.3 Å². The molecule has 1 N–H and O–H groups in total. The van der Waals surface area contributed by atoms with Gasteiger partial charge in [-0.05, 0) is 17.9 Å². The van der Waals surface area contributed by atoms with Gasteiger partial charge in [0, 0.05) is 19.4 Å². The lowest BCUT2D eigenvalue weighted by molar-refractivity contribution is -0.121. The zero-order valence-corrected chi connectivity index (χ0v) is 9.60. The first-order valence-electron chi connectivity index (χ1n) is 5.07. The van der Waals surface area contributed by atoms with Crippen molar-refractivity contribution in [2.75, 3.05) is 6.54 Å². The van der Waals surface area contributed by atoms with E-state index in [0.717, 1.165) is 11.3 Å². The Morgan fingerprint density at radius 1 is 1.40 bits per heavy atom. The summed E-state index contributed by atoms with van der Waals surface area (Å²) in [6, 6.07) is 3.63. The first kappa shape index (κ1) is 11.9. The summed E-state index contributed by atoms with van der Waals surface area (Å²) < 4.78 is 0. The smallest absolute Gasteiger partial charge is 0.220 e. The summed E-state index contributed by atoms with van der Waals surface area (Å²) in [7, 11) is 0. The minimum Gasteiger partial charge on any atom is -0.356 e. The number of amides is 1. The van der Waals surface area contributed by atoms with Crippen molar-refractivity contribution in [3.63, 3.8) is 0 Å². The van der Waals surface area contributed by atoms with E-state index in [4.69, 9.17) is 0 Å². The molecule has 1 aromatic heterocycles. The van der Waals surface area contributed by atoms with Gasteiger partial charge in [0.15, 0.2) is 5.78 Å². The number of Topliss-reactive ketones (excluding diaryl/α,β-unsaturated/α-hetero) is 1. The maximum Gasteiger partial charge on any atom is 0.220 e. The fourth-order valence-corrected chi connectivity index (χ4v) is 1.83. The van der Waals surface area contributed by atoms with Gasteiger partial charge in [-0.1, -0.05) is 13.0 Å². The van der Waals surface area contributed by atoms with Gasteiger partial charge in [0.05, 0.1) is 4.88 Å². The van der Waals surface area contributed by atoms with Crippen LogP contribution in [0.25, 0.3) is 0 Å². The third kappa shape index (κ3) is 4.25. The molecule has 0 saturated carbocycles. The Balaban J connectivity index is 2.25. The summed E-state index contributed by atoms with van der Waals surface area (Å²) in [5.74, 6) is 0.0124. The fraction of sp³-hybridized carbons (Fsp3) is 0.455. The van der Waals surface area contributed by atoms with Gasteiger partial charge in [-0.25, -0.2) is 0 Å². The van der Waals surface area contributed by atoms with Crippen molar-refractivity contribution < 1.29 is 9.59 Å². The largest absolute Gasteiger partial charge is 0.356 e. The molecule has 4 heteroatoms. The lowest BCUT2D eigenvalue weighted by Gasteiger charge is -2.01. The van der Waals surface area contributed by atoms with Crippen LogP contribution < -0.4 is 5.32 Å². The second-order valence-electron chi connectivity index (χ2n) is 3.25. The number of hydrogen-bond acceptors (Lipinski definition) is 3. The zero-order chi connectivity index (χ0) is 11.1. The minimum absolute atomic E-state index is 0.0400. The number of rotatable bonds is 6. The van der Waals surface area contributed by atoms with E-state index >= 15 is 0 Å². The van der Waals surface area contributed by atoms with E-state index in [1.165, 1.54) is 11.3 Å². The predicted molar refractivity (Wildman–Crippen MR) is 61.2 cm³/mol. The SMILES string of the molecule is CCCNC(=O)CCC(=O)c1cccs1. The maximum atomic E-state index is 11.5. The van der Waals surface area contributed by atoms with Crippen LogP contribution in [0.4, 0.5) is 0 Å². The molecular weight excluding hydrogens is 210 g/mol. The molecule has 15 heavy (non-hydrogen) atoms. The molecule has 0 unspecified atom stereocenters. The van der Waals surface area contributed by atoms with Gasteiger partial charge in [0.1, 0.15) is 0 Å². The molecule has 0 aliphatic rings. The van der Waals surface area contributed by atoms with Gasteiger partial charge in [0.2, 0.25) is 5.91 Å². The topological polar surface area (TPSA) is 46.2 Å². The van der Waals surface area contributed by atoms with Crippen LogP contribution in [0.15, 0.2) is 17.5 Å². The van der Waals surface area contributed by atoms with Gasteiger partial charge in [-0.3, -0.25) is 9.59 Å². The number of carbonyl (C=O) groups excluding carboxylic acids is 2. The van der Waals surface area contributed by atoms with Crippen LogP contribution in [-0.4, -0.2) is 18.2 Å². The van der Waals surface area contributed by atoms with E-state index in [1.54, 1.807) is 6.07 Å². The number of thiophene rings is 1. The van der Waals surface area contributed by atoms with Crippen LogP contribution in [0.1, 0.15) is 35.9 Å². The molecule has 1 rings (SSSR count). The second-order valence-corrected chi connectivity index (χ2v) is 4.20. The normalized spacial score (nSPS) is 9.93. The van der Waals surface area contributed by atoms with Crippen molar-refractivity contribution in [2.45, 2.75) is 26.2 Å². The van der Waals surface area contributed by atoms with Crippen LogP contribution in [0.5, 0.6) is 0 Å². The quantitative estimate of drug-likeness (QED) is 0.755. The predicted octanol–water partition coefficient (Wildman–Crippen LogP) is 2.24. The highest BCUT2D eigenvalue weighted by molar-refractivity contribution is 7.12. The summed E-state index contributed by atoms with van der Waals surface area (Å²) in [6.07, 6.45) is 1.51. The Bertz CT molecular complexity index is 319. The molecular formula is C11H15NO2S. The molecule has 0 aliphatic carbocycles. The summed E-state index contributed by atoms with van der Waals surface area (Å²) in [5.41, 5.74) is 0. The highest BCUT2D eigenvalue weighted by atomic mass is 32.1. The minimum atomic E-state index is -0.0400. The first-order valence-corrected chi connectivity index (χ1v) is 5.95. The first-order chi connectivity index (χ1) is 7.24. The van der Waals surface area contributed by atoms with Crippen molar-refractivity contribution in [2.24, 2.45) is 0 Å². The standard InChI is InChI=1S/C11H15NO2S/c1-2-7-12-11(14)6-5-9(13)10-4-3-8-15-10/h3-4,8H,2,5-7H2,1H3,(H,12,14). The Kier molecular flexibility index (Phi) is 5.04. The molecule has 0 spiro atoms. The summed E-state index contributed by atoms with van der Waals surface area (Å²) in [5, 5.41) is 4.61. The zero-order valence-electron chi connectivity index (χ0n) is 8.79. The van der Waals surface area contributed by atoms with Crippen LogP contribution in [0.2, 0.25) is 0 Å². The number of nitrogens with one attached hydrogen (secondary N) is 1. The van der Waals surface area contributed by atoms with E-state index in [0.29, 0.717) is 13.0 Å². The van der Waals surface area contributed by atoms with E-state index in [2.05, 4.69) is 5.32 Å². The van der Waals surface area contributed by atoms with Crippen molar-refractivity contribution >= 4 is 23.0 Å². The molecule has 3 nitrogen and oxygen atoms in total. The fourth-order valence-electron chi connectivity index (χ4n) is 1.14. The van der Waals surface area contributed by atoms with Gasteiger partial charge < -0.3 is 5.32 Å². The third-order valence-electron chi connectivity index (χ3n) is 1.95. The van der Waals surface area contributed by atoms with Crippen LogP contribution in [-0.2, 0) is 4.79 Å². The van der Waals surface area contributed by atoms with Crippen LogP contribution in [0.3, 0.4) is 0 Å². The second kappa shape index (κ2) is 6.35. The molecule has 0 fully saturated rings. The highest BCUT2D eigenvalue weighted by Crippen LogP contribution is 2.11. The number of hydrogen-bond donors (Lipinski definition) is 1. The molecule has 0 aliphatic heterocycles. The Morgan fingerprint density at radius 2 is 2.20 bits per heavy atom. The molecule has 82 valence electrons. The third-order valence-corrected chi connectivity index (χ3v) is 2.86. The van der Waals surface area contributed by atoms with E-state index in [-0.39, 0.29) is 18.1 Å². The highest BCUT2D eigenvalue weighted by Gasteiger charge is 2.09. The molecule has 1 aromatic rings. The van der Waals surface area contributed by atoms with Crippen molar-refractivity contribution in [1.29, 1.82) is 0 Å². The monoisotopic (exact) mass is 225 g/mol. The molecule has 1 heterocycles. The Morgan fingerprint density at radius 3 is 2.80 bits per heavy atom. The lowest BCUT2D eigenvalue weighted by Crippen LogP contribution is -2.24. The molecule has 0 aromatic carbocycles. The average molecular weight is 225 g/mol. The number of carbonyl (C=O) groups is 2. The van der Waals surface area contributed by atoms with Gasteiger partial charge >= 0.3 is 0 Å². The van der Waals surface area contributed by atoms with Crippen molar-refractivity contribution in [3.05, 3.63) is 22.4 Å². The van der Waals surface area contributed by atoms with Gasteiger partial charge in [-0.2, -0.15) is 0 Å². The molecule has 0 bridgehead atoms. The van der Waals surface area contributed by atoms with E-state index in [9.17, 15) is 9.59 Å². The van der Waals surface area contributed by atoms with Crippen LogP contribution in [0, 0.1) is 0 Å². The van der Waals surface area contributed by atoms with Gasteiger partial charge in [-0.15, -0.1) is 11.3 Å². The molecule has 1 amide bonds. The Hall–Kier alpha value is -1.16. The van der Waals surface area contributed by atoms with Crippen molar-refractivity contribution in [1.82, 2.24) is 5.32 Å².